The molecule has 0 aromatic heterocycles. The van der Waals surface area contributed by atoms with E-state index < -0.39 is 5.41 Å². The van der Waals surface area contributed by atoms with E-state index in [-0.39, 0.29) is 11.9 Å². The summed E-state index contributed by atoms with van der Waals surface area (Å²) >= 11 is 6.22. The lowest BCUT2D eigenvalue weighted by Gasteiger charge is -2.26. The van der Waals surface area contributed by atoms with Crippen molar-refractivity contribution < 1.29 is 4.79 Å². The molecular formula is C17H27ClN4O. The number of hydrogen-bond acceptors (Lipinski definition) is 2. The van der Waals surface area contributed by atoms with Gasteiger partial charge in [-0.3, -0.25) is 9.79 Å². The molecule has 0 spiro atoms. The fourth-order valence-corrected chi connectivity index (χ4v) is 2.39. The van der Waals surface area contributed by atoms with Crippen molar-refractivity contribution in [3.63, 3.8) is 0 Å². The third-order valence-corrected chi connectivity index (χ3v) is 3.94. The number of carbonyl (C=O) groups is 1. The SMILES string of the molecule is CCNC(=O)C(C)(C)CNC(=NC)NC(C)c1ccccc1Cl. The summed E-state index contributed by atoms with van der Waals surface area (Å²) in [5.74, 6) is 0.650. The highest BCUT2D eigenvalue weighted by molar-refractivity contribution is 6.31. The first kappa shape index (κ1) is 19.3. The van der Waals surface area contributed by atoms with Gasteiger partial charge in [-0.15, -0.1) is 0 Å². The van der Waals surface area contributed by atoms with Crippen LogP contribution in [0.2, 0.25) is 5.02 Å². The Morgan fingerprint density at radius 2 is 1.96 bits per heavy atom. The van der Waals surface area contributed by atoms with Crippen molar-refractivity contribution in [2.24, 2.45) is 10.4 Å². The van der Waals surface area contributed by atoms with Gasteiger partial charge in [-0.05, 0) is 39.3 Å². The zero-order valence-electron chi connectivity index (χ0n) is 14.5. The maximum Gasteiger partial charge on any atom is 0.227 e. The van der Waals surface area contributed by atoms with E-state index in [2.05, 4.69) is 20.9 Å². The molecule has 1 amide bonds. The first-order valence-electron chi connectivity index (χ1n) is 7.81. The summed E-state index contributed by atoms with van der Waals surface area (Å²) in [5, 5.41) is 10.1. The molecular weight excluding hydrogens is 312 g/mol. The molecule has 0 saturated heterocycles. The molecule has 0 aliphatic rings. The highest BCUT2D eigenvalue weighted by Crippen LogP contribution is 2.22. The number of guanidine groups is 1. The molecule has 6 heteroatoms. The number of nitrogens with one attached hydrogen (secondary N) is 3. The fourth-order valence-electron chi connectivity index (χ4n) is 2.09. The summed E-state index contributed by atoms with van der Waals surface area (Å²) in [6.45, 7) is 8.83. The van der Waals surface area contributed by atoms with Gasteiger partial charge in [0.15, 0.2) is 5.96 Å². The number of aliphatic imine (C=N–C) groups is 1. The maximum atomic E-state index is 12.0. The molecule has 0 fully saturated rings. The van der Waals surface area contributed by atoms with Gasteiger partial charge in [0, 0.05) is 25.2 Å². The molecule has 0 aliphatic carbocycles. The lowest BCUT2D eigenvalue weighted by atomic mass is 9.92. The summed E-state index contributed by atoms with van der Waals surface area (Å²) in [4.78, 5) is 16.2. The quantitative estimate of drug-likeness (QED) is 0.552. The zero-order chi connectivity index (χ0) is 17.5. The van der Waals surface area contributed by atoms with Crippen molar-refractivity contribution in [2.75, 3.05) is 20.1 Å². The van der Waals surface area contributed by atoms with Crippen LogP contribution in [0.1, 0.15) is 39.3 Å². The molecule has 1 rings (SSSR count). The minimum Gasteiger partial charge on any atom is -0.356 e. The molecule has 128 valence electrons. The van der Waals surface area contributed by atoms with E-state index in [1.54, 1.807) is 7.05 Å². The smallest absolute Gasteiger partial charge is 0.227 e. The van der Waals surface area contributed by atoms with Crippen LogP contribution in [-0.2, 0) is 4.79 Å². The average molecular weight is 339 g/mol. The molecule has 0 radical (unpaired) electrons. The molecule has 5 nitrogen and oxygen atoms in total. The van der Waals surface area contributed by atoms with Crippen LogP contribution in [0.15, 0.2) is 29.3 Å². The Morgan fingerprint density at radius 1 is 1.30 bits per heavy atom. The van der Waals surface area contributed by atoms with Crippen molar-refractivity contribution in [2.45, 2.75) is 33.7 Å². The van der Waals surface area contributed by atoms with E-state index in [9.17, 15) is 4.79 Å². The topological polar surface area (TPSA) is 65.5 Å². The largest absolute Gasteiger partial charge is 0.356 e. The Hall–Kier alpha value is -1.75. The molecule has 0 saturated carbocycles. The Kier molecular flexibility index (Phi) is 7.36. The van der Waals surface area contributed by atoms with Gasteiger partial charge in [0.25, 0.3) is 0 Å². The molecule has 3 N–H and O–H groups in total. The van der Waals surface area contributed by atoms with Gasteiger partial charge in [-0.25, -0.2) is 0 Å². The second kappa shape index (κ2) is 8.77. The molecule has 0 bridgehead atoms. The Morgan fingerprint density at radius 3 is 2.52 bits per heavy atom. The molecule has 1 aromatic carbocycles. The summed E-state index contributed by atoms with van der Waals surface area (Å²) in [6, 6.07) is 7.70. The van der Waals surface area contributed by atoms with Gasteiger partial charge in [0.05, 0.1) is 11.5 Å². The molecule has 23 heavy (non-hydrogen) atoms. The van der Waals surface area contributed by atoms with Gasteiger partial charge in [-0.2, -0.15) is 0 Å². The fraction of sp³-hybridized carbons (Fsp3) is 0.529. The van der Waals surface area contributed by atoms with Crippen LogP contribution < -0.4 is 16.0 Å². The summed E-state index contributed by atoms with van der Waals surface area (Å²) < 4.78 is 0. The van der Waals surface area contributed by atoms with Gasteiger partial charge < -0.3 is 16.0 Å². The van der Waals surface area contributed by atoms with Crippen LogP contribution in [0.25, 0.3) is 0 Å². The predicted molar refractivity (Wildman–Crippen MR) is 96.8 cm³/mol. The van der Waals surface area contributed by atoms with Crippen molar-refractivity contribution >= 4 is 23.5 Å². The summed E-state index contributed by atoms with van der Waals surface area (Å²) in [5.41, 5.74) is 0.474. The number of hydrogen-bond donors (Lipinski definition) is 3. The van der Waals surface area contributed by atoms with Crippen LogP contribution in [0.5, 0.6) is 0 Å². The van der Waals surface area contributed by atoms with Gasteiger partial charge >= 0.3 is 0 Å². The number of rotatable bonds is 6. The lowest BCUT2D eigenvalue weighted by Crippen LogP contribution is -2.48. The second-order valence-corrected chi connectivity index (χ2v) is 6.46. The normalized spacial score (nSPS) is 13.4. The third-order valence-electron chi connectivity index (χ3n) is 3.60. The van der Waals surface area contributed by atoms with Gasteiger partial charge in [-0.1, -0.05) is 29.8 Å². The zero-order valence-corrected chi connectivity index (χ0v) is 15.3. The van der Waals surface area contributed by atoms with E-state index >= 15 is 0 Å². The highest BCUT2D eigenvalue weighted by atomic mass is 35.5. The monoisotopic (exact) mass is 338 g/mol. The third kappa shape index (κ3) is 5.75. The Labute approximate surface area is 143 Å². The van der Waals surface area contributed by atoms with Crippen LogP contribution >= 0.6 is 11.6 Å². The standard InChI is InChI=1S/C17H27ClN4O/c1-6-20-15(23)17(3,4)11-21-16(19-5)22-12(2)13-9-7-8-10-14(13)18/h7-10,12H,6,11H2,1-5H3,(H,20,23)(H2,19,21,22). The number of carbonyl (C=O) groups excluding carboxylic acids is 1. The van der Waals surface area contributed by atoms with Crippen LogP contribution in [0, 0.1) is 5.41 Å². The van der Waals surface area contributed by atoms with Crippen molar-refractivity contribution in [1.82, 2.24) is 16.0 Å². The van der Waals surface area contributed by atoms with Crippen LogP contribution in [-0.4, -0.2) is 32.0 Å². The summed E-state index contributed by atoms with van der Waals surface area (Å²) in [6.07, 6.45) is 0. The van der Waals surface area contributed by atoms with Gasteiger partial charge in [0.2, 0.25) is 5.91 Å². The predicted octanol–water partition coefficient (Wildman–Crippen LogP) is 2.73. The molecule has 1 atom stereocenters. The number of benzene rings is 1. The number of halogens is 1. The number of nitrogens with zero attached hydrogens (tertiary/aromatic N) is 1. The van der Waals surface area contributed by atoms with E-state index in [0.29, 0.717) is 24.1 Å². The van der Waals surface area contributed by atoms with E-state index in [0.717, 1.165) is 5.56 Å². The second-order valence-electron chi connectivity index (χ2n) is 6.06. The van der Waals surface area contributed by atoms with Crippen LogP contribution in [0.3, 0.4) is 0 Å². The van der Waals surface area contributed by atoms with E-state index in [1.165, 1.54) is 0 Å². The van der Waals surface area contributed by atoms with E-state index in [4.69, 9.17) is 11.6 Å². The van der Waals surface area contributed by atoms with Crippen molar-refractivity contribution in [1.29, 1.82) is 0 Å². The lowest BCUT2D eigenvalue weighted by molar-refractivity contribution is -0.128. The minimum absolute atomic E-state index is 0.00230. The number of amides is 1. The van der Waals surface area contributed by atoms with Crippen molar-refractivity contribution in [3.8, 4) is 0 Å². The van der Waals surface area contributed by atoms with Crippen molar-refractivity contribution in [3.05, 3.63) is 34.9 Å². The Bertz CT molecular complexity index is 557. The average Bonchev–Trinajstić information content (AvgIpc) is 2.51. The molecule has 0 heterocycles. The van der Waals surface area contributed by atoms with Crippen LogP contribution in [0.4, 0.5) is 0 Å². The highest BCUT2D eigenvalue weighted by Gasteiger charge is 2.27. The maximum absolute atomic E-state index is 12.0. The van der Waals surface area contributed by atoms with E-state index in [1.807, 2.05) is 52.0 Å². The first-order chi connectivity index (χ1) is 10.8. The molecule has 1 aromatic rings. The van der Waals surface area contributed by atoms with Gasteiger partial charge in [0.1, 0.15) is 0 Å². The molecule has 0 aliphatic heterocycles. The molecule has 1 unspecified atom stereocenters. The summed E-state index contributed by atoms with van der Waals surface area (Å²) in [7, 11) is 1.70. The first-order valence-corrected chi connectivity index (χ1v) is 8.19. The minimum atomic E-state index is -0.527. The Balaban J connectivity index is 2.65.